The number of guanidine groups is 1. The van der Waals surface area contributed by atoms with Crippen molar-refractivity contribution in [3.05, 3.63) is 53.6 Å². The summed E-state index contributed by atoms with van der Waals surface area (Å²) in [4.78, 5) is 4.34. The molecule has 2 N–H and O–H groups in total. The van der Waals surface area contributed by atoms with E-state index in [1.165, 1.54) is 5.56 Å². The molecule has 0 aliphatic rings. The Labute approximate surface area is 174 Å². The summed E-state index contributed by atoms with van der Waals surface area (Å²) in [5.74, 6) is 2.65. The molecular formula is C23H33N3O3. The number of benzene rings is 2. The first kappa shape index (κ1) is 22.4. The maximum absolute atomic E-state index is 5.66. The second-order valence-electron chi connectivity index (χ2n) is 7.29. The Hall–Kier alpha value is -2.89. The van der Waals surface area contributed by atoms with Crippen molar-refractivity contribution in [1.29, 1.82) is 0 Å². The number of hydrogen-bond acceptors (Lipinski definition) is 4. The van der Waals surface area contributed by atoms with Crippen molar-refractivity contribution in [2.75, 3.05) is 34.4 Å². The Kier molecular flexibility index (Phi) is 8.19. The molecule has 6 nitrogen and oxygen atoms in total. The van der Waals surface area contributed by atoms with Gasteiger partial charge in [-0.1, -0.05) is 44.2 Å². The van der Waals surface area contributed by atoms with Crippen molar-refractivity contribution in [3.63, 3.8) is 0 Å². The fourth-order valence-corrected chi connectivity index (χ4v) is 3.03. The number of rotatable bonds is 9. The van der Waals surface area contributed by atoms with E-state index in [-0.39, 0.29) is 5.41 Å². The summed E-state index contributed by atoms with van der Waals surface area (Å²) in [5, 5.41) is 6.77. The van der Waals surface area contributed by atoms with Crippen LogP contribution in [0.5, 0.6) is 17.2 Å². The molecule has 0 aliphatic heterocycles. The molecule has 0 aliphatic carbocycles. The van der Waals surface area contributed by atoms with Crippen molar-refractivity contribution in [2.24, 2.45) is 4.99 Å². The van der Waals surface area contributed by atoms with Crippen LogP contribution < -0.4 is 24.8 Å². The minimum absolute atomic E-state index is 0.0234. The van der Waals surface area contributed by atoms with E-state index in [9.17, 15) is 0 Å². The fraction of sp³-hybridized carbons (Fsp3) is 0.435. The van der Waals surface area contributed by atoms with Crippen molar-refractivity contribution < 1.29 is 14.2 Å². The summed E-state index contributed by atoms with van der Waals surface area (Å²) in [6.07, 6.45) is 0. The smallest absolute Gasteiger partial charge is 0.203 e. The summed E-state index contributed by atoms with van der Waals surface area (Å²) in [6, 6.07) is 14.4. The topological polar surface area (TPSA) is 64.1 Å². The zero-order valence-electron chi connectivity index (χ0n) is 18.3. The third kappa shape index (κ3) is 6.04. The molecule has 0 fully saturated rings. The second-order valence-corrected chi connectivity index (χ2v) is 7.29. The summed E-state index contributed by atoms with van der Waals surface area (Å²) in [5.41, 5.74) is 2.26. The number of nitrogens with zero attached hydrogens (tertiary/aromatic N) is 1. The summed E-state index contributed by atoms with van der Waals surface area (Å²) in [6.45, 7) is 8.23. The highest BCUT2D eigenvalue weighted by Gasteiger charge is 2.20. The highest BCUT2D eigenvalue weighted by molar-refractivity contribution is 5.79. The van der Waals surface area contributed by atoms with Gasteiger partial charge in [0.15, 0.2) is 17.5 Å². The van der Waals surface area contributed by atoms with Crippen LogP contribution in [0.3, 0.4) is 0 Å². The maximum atomic E-state index is 5.66. The molecule has 0 spiro atoms. The van der Waals surface area contributed by atoms with E-state index in [0.29, 0.717) is 30.4 Å². The van der Waals surface area contributed by atoms with Gasteiger partial charge in [0.1, 0.15) is 0 Å². The van der Waals surface area contributed by atoms with Crippen LogP contribution >= 0.6 is 0 Å². The van der Waals surface area contributed by atoms with Crippen LogP contribution in [0.15, 0.2) is 47.5 Å². The monoisotopic (exact) mass is 399 g/mol. The molecule has 2 rings (SSSR count). The summed E-state index contributed by atoms with van der Waals surface area (Å²) in [7, 11) is 5.02. The minimum atomic E-state index is -0.0234. The summed E-state index contributed by atoms with van der Waals surface area (Å²) >= 11 is 0. The quantitative estimate of drug-likeness (QED) is 0.497. The average Bonchev–Trinajstić information content (AvgIpc) is 2.75. The van der Waals surface area contributed by atoms with Crippen LogP contribution in [0.1, 0.15) is 31.9 Å². The number of methoxy groups -OCH3 is 2. The Morgan fingerprint density at radius 3 is 2.14 bits per heavy atom. The second kappa shape index (κ2) is 10.6. The zero-order valence-corrected chi connectivity index (χ0v) is 18.3. The van der Waals surface area contributed by atoms with Gasteiger partial charge in [0.2, 0.25) is 5.75 Å². The molecule has 0 aromatic heterocycles. The lowest BCUT2D eigenvalue weighted by Crippen LogP contribution is -2.43. The normalized spacial score (nSPS) is 11.7. The Morgan fingerprint density at radius 1 is 1.00 bits per heavy atom. The molecule has 0 saturated heterocycles. The van der Waals surface area contributed by atoms with Gasteiger partial charge in [-0.15, -0.1) is 0 Å². The minimum Gasteiger partial charge on any atom is -0.493 e. The van der Waals surface area contributed by atoms with Crippen LogP contribution in [0.4, 0.5) is 0 Å². The molecule has 0 amide bonds. The molecule has 0 bridgehead atoms. The lowest BCUT2D eigenvalue weighted by Gasteiger charge is -2.26. The van der Waals surface area contributed by atoms with Gasteiger partial charge in [-0.05, 0) is 30.2 Å². The van der Waals surface area contributed by atoms with E-state index in [1.54, 1.807) is 21.3 Å². The SMILES string of the molecule is CCOc1c(OC)cc(CNC(=NC)NCC(C)(C)c2ccccc2)cc1OC. The average molecular weight is 400 g/mol. The molecule has 2 aromatic rings. The van der Waals surface area contributed by atoms with Crippen molar-refractivity contribution in [3.8, 4) is 17.2 Å². The largest absolute Gasteiger partial charge is 0.493 e. The first-order valence-electron chi connectivity index (χ1n) is 9.83. The van der Waals surface area contributed by atoms with E-state index in [4.69, 9.17) is 14.2 Å². The summed E-state index contributed by atoms with van der Waals surface area (Å²) < 4.78 is 16.6. The van der Waals surface area contributed by atoms with Gasteiger partial charge in [0.25, 0.3) is 0 Å². The maximum Gasteiger partial charge on any atom is 0.203 e. The van der Waals surface area contributed by atoms with Crippen molar-refractivity contribution >= 4 is 5.96 Å². The first-order chi connectivity index (χ1) is 13.9. The van der Waals surface area contributed by atoms with E-state index in [0.717, 1.165) is 18.1 Å². The van der Waals surface area contributed by atoms with Crippen LogP contribution in [0, 0.1) is 0 Å². The predicted octanol–water partition coefficient (Wildman–Crippen LogP) is 3.75. The van der Waals surface area contributed by atoms with Crippen LogP contribution in [-0.4, -0.2) is 40.4 Å². The van der Waals surface area contributed by atoms with E-state index >= 15 is 0 Å². The number of nitrogens with one attached hydrogen (secondary N) is 2. The Balaban J connectivity index is 2.04. The number of aliphatic imine (C=N–C) groups is 1. The predicted molar refractivity (Wildman–Crippen MR) is 118 cm³/mol. The molecular weight excluding hydrogens is 366 g/mol. The molecule has 0 saturated carbocycles. The van der Waals surface area contributed by atoms with Gasteiger partial charge in [-0.2, -0.15) is 0 Å². The van der Waals surface area contributed by atoms with E-state index in [2.05, 4.69) is 53.7 Å². The van der Waals surface area contributed by atoms with Gasteiger partial charge in [0.05, 0.1) is 20.8 Å². The highest BCUT2D eigenvalue weighted by atomic mass is 16.5. The van der Waals surface area contributed by atoms with Crippen LogP contribution in [0.2, 0.25) is 0 Å². The third-order valence-electron chi connectivity index (χ3n) is 4.75. The molecule has 0 unspecified atom stereocenters. The lowest BCUT2D eigenvalue weighted by atomic mass is 9.85. The molecule has 0 heterocycles. The van der Waals surface area contributed by atoms with Gasteiger partial charge in [-0.25, -0.2) is 0 Å². The van der Waals surface area contributed by atoms with Crippen LogP contribution in [-0.2, 0) is 12.0 Å². The molecule has 0 atom stereocenters. The number of hydrogen-bond donors (Lipinski definition) is 2. The standard InChI is InChI=1S/C23H33N3O3/c1-7-29-21-19(27-5)13-17(14-20(21)28-6)15-25-22(24-4)26-16-23(2,3)18-11-9-8-10-12-18/h8-14H,7,15-16H2,1-6H3,(H2,24,25,26). The van der Waals surface area contributed by atoms with Gasteiger partial charge < -0.3 is 24.8 Å². The van der Waals surface area contributed by atoms with E-state index in [1.807, 2.05) is 25.1 Å². The lowest BCUT2D eigenvalue weighted by molar-refractivity contribution is 0.288. The van der Waals surface area contributed by atoms with Gasteiger partial charge >= 0.3 is 0 Å². The molecule has 6 heteroatoms. The third-order valence-corrected chi connectivity index (χ3v) is 4.75. The van der Waals surface area contributed by atoms with Crippen molar-refractivity contribution in [1.82, 2.24) is 10.6 Å². The molecule has 2 aromatic carbocycles. The zero-order chi connectivity index (χ0) is 21.3. The molecule has 158 valence electrons. The Morgan fingerprint density at radius 2 is 1.62 bits per heavy atom. The Bertz CT molecular complexity index is 779. The highest BCUT2D eigenvalue weighted by Crippen LogP contribution is 2.38. The van der Waals surface area contributed by atoms with E-state index < -0.39 is 0 Å². The fourth-order valence-electron chi connectivity index (χ4n) is 3.03. The number of ether oxygens (including phenoxy) is 3. The first-order valence-corrected chi connectivity index (χ1v) is 9.83. The van der Waals surface area contributed by atoms with Gasteiger partial charge in [0, 0.05) is 25.6 Å². The van der Waals surface area contributed by atoms with Gasteiger partial charge in [-0.3, -0.25) is 4.99 Å². The molecule has 0 radical (unpaired) electrons. The van der Waals surface area contributed by atoms with Crippen LogP contribution in [0.25, 0.3) is 0 Å². The molecule has 29 heavy (non-hydrogen) atoms. The van der Waals surface area contributed by atoms with Crippen molar-refractivity contribution in [2.45, 2.75) is 32.7 Å².